The molecule has 1 aromatic rings. The van der Waals surface area contributed by atoms with Gasteiger partial charge in [-0.25, -0.2) is 0 Å². The van der Waals surface area contributed by atoms with Crippen LogP contribution in [-0.4, -0.2) is 30.3 Å². The smallest absolute Gasteiger partial charge is 0.228 e. The molecule has 112 valence electrons. The SMILES string of the molecule is Cl.[2H]C([2H])(CC)N(CCc1cccc2c1CC(=O)N2)C([2H])([2H])CC. The second kappa shape index (κ2) is 8.28. The second-order valence-electron chi connectivity index (χ2n) is 4.59. The normalized spacial score (nSPS) is 17.4. The van der Waals surface area contributed by atoms with Gasteiger partial charge in [-0.1, -0.05) is 26.0 Å². The first kappa shape index (κ1) is 11.6. The fraction of sp³-hybridized carbons (Fsp3) is 0.562. The first-order valence-electron chi connectivity index (χ1n) is 8.89. The van der Waals surface area contributed by atoms with Crippen LogP contribution in [-0.2, 0) is 17.6 Å². The Bertz CT molecular complexity index is 579. The highest BCUT2D eigenvalue weighted by Gasteiger charge is 2.20. The first-order chi connectivity index (χ1) is 10.7. The molecule has 0 spiro atoms. The number of nitrogens with zero attached hydrogens (tertiary/aromatic N) is 1. The molecule has 0 saturated carbocycles. The molecule has 0 unspecified atom stereocenters. The Kier molecular flexibility index (Phi) is 4.79. The van der Waals surface area contributed by atoms with Gasteiger partial charge in [-0.3, -0.25) is 4.79 Å². The molecular formula is C16H25ClN2O. The van der Waals surface area contributed by atoms with E-state index < -0.39 is 13.0 Å². The van der Waals surface area contributed by atoms with Crippen molar-refractivity contribution in [1.29, 1.82) is 0 Å². The predicted molar refractivity (Wildman–Crippen MR) is 86.7 cm³/mol. The van der Waals surface area contributed by atoms with E-state index in [2.05, 4.69) is 5.32 Å². The molecule has 20 heavy (non-hydrogen) atoms. The third-order valence-corrected chi connectivity index (χ3v) is 3.19. The molecule has 0 radical (unpaired) electrons. The molecule has 0 aliphatic carbocycles. The van der Waals surface area contributed by atoms with E-state index in [1.165, 1.54) is 4.90 Å². The number of benzene rings is 1. The third-order valence-electron chi connectivity index (χ3n) is 3.19. The summed E-state index contributed by atoms with van der Waals surface area (Å²) in [6.45, 7) is 0.312. The maximum absolute atomic E-state index is 11.6. The Labute approximate surface area is 133 Å². The molecule has 1 amide bonds. The largest absolute Gasteiger partial charge is 0.326 e. The third kappa shape index (κ3) is 4.22. The number of carbonyl (C=O) groups excluding carboxylic acids is 1. The molecule has 2 rings (SSSR count). The van der Waals surface area contributed by atoms with Gasteiger partial charge in [0, 0.05) is 17.7 Å². The van der Waals surface area contributed by atoms with Crippen LogP contribution < -0.4 is 5.32 Å². The maximum atomic E-state index is 11.6. The van der Waals surface area contributed by atoms with Gasteiger partial charge in [0.2, 0.25) is 5.91 Å². The summed E-state index contributed by atoms with van der Waals surface area (Å²) >= 11 is 0. The van der Waals surface area contributed by atoms with E-state index in [9.17, 15) is 4.79 Å². The molecule has 1 aromatic carbocycles. The van der Waals surface area contributed by atoms with E-state index in [1.54, 1.807) is 13.8 Å². The van der Waals surface area contributed by atoms with Gasteiger partial charge in [-0.2, -0.15) is 0 Å². The second-order valence-corrected chi connectivity index (χ2v) is 4.59. The van der Waals surface area contributed by atoms with Gasteiger partial charge in [0.25, 0.3) is 0 Å². The van der Waals surface area contributed by atoms with Gasteiger partial charge in [0.1, 0.15) is 0 Å². The molecule has 1 aliphatic rings. The van der Waals surface area contributed by atoms with Crippen LogP contribution in [0.3, 0.4) is 0 Å². The van der Waals surface area contributed by atoms with E-state index in [0.29, 0.717) is 12.8 Å². The fourth-order valence-corrected chi connectivity index (χ4v) is 2.38. The number of hydrogen-bond acceptors (Lipinski definition) is 2. The lowest BCUT2D eigenvalue weighted by Crippen LogP contribution is -2.28. The van der Waals surface area contributed by atoms with Crippen molar-refractivity contribution in [1.82, 2.24) is 4.90 Å². The first-order valence-corrected chi connectivity index (χ1v) is 6.89. The molecule has 0 atom stereocenters. The zero-order chi connectivity index (χ0) is 17.3. The van der Waals surface area contributed by atoms with Crippen molar-refractivity contribution in [2.45, 2.75) is 39.5 Å². The maximum Gasteiger partial charge on any atom is 0.228 e. The zero-order valence-electron chi connectivity index (χ0n) is 16.0. The summed E-state index contributed by atoms with van der Waals surface area (Å²) < 4.78 is 32.5. The minimum absolute atomic E-state index is 0. The van der Waals surface area contributed by atoms with Crippen molar-refractivity contribution in [3.63, 3.8) is 0 Å². The highest BCUT2D eigenvalue weighted by atomic mass is 35.5. The lowest BCUT2D eigenvalue weighted by Gasteiger charge is -2.21. The van der Waals surface area contributed by atoms with Gasteiger partial charge in [0.05, 0.1) is 6.42 Å². The molecule has 3 nitrogen and oxygen atoms in total. The number of fused-ring (bicyclic) bond motifs is 1. The molecule has 0 aromatic heterocycles. The van der Waals surface area contributed by atoms with Crippen molar-refractivity contribution in [2.24, 2.45) is 0 Å². The minimum Gasteiger partial charge on any atom is -0.326 e. The zero-order valence-corrected chi connectivity index (χ0v) is 12.8. The molecule has 0 saturated heterocycles. The van der Waals surface area contributed by atoms with E-state index in [1.807, 2.05) is 18.2 Å². The van der Waals surface area contributed by atoms with E-state index in [-0.39, 0.29) is 37.7 Å². The standard InChI is InChI=1S/C16H24N2O.ClH/c1-3-9-18(10-4-2)11-8-13-6-5-7-15-14(13)12-16(19)17-15;/h5-7H,3-4,8-12H2,1-2H3,(H,17,19);1H/i9D2,10D2;. The van der Waals surface area contributed by atoms with Gasteiger partial charge >= 0.3 is 0 Å². The Balaban J connectivity index is 0.00000288. The lowest BCUT2D eigenvalue weighted by molar-refractivity contribution is -0.115. The van der Waals surface area contributed by atoms with Crippen LogP contribution >= 0.6 is 12.4 Å². The lowest BCUT2D eigenvalue weighted by atomic mass is 10.0. The van der Waals surface area contributed by atoms with Crippen molar-refractivity contribution in [3.8, 4) is 0 Å². The molecule has 0 fully saturated rings. The van der Waals surface area contributed by atoms with Gasteiger partial charge < -0.3 is 10.2 Å². The number of rotatable bonds is 7. The van der Waals surface area contributed by atoms with Gasteiger partial charge in [-0.05, 0) is 49.4 Å². The van der Waals surface area contributed by atoms with Crippen LogP contribution in [0.2, 0.25) is 0 Å². The number of carbonyl (C=O) groups is 1. The molecular weight excluding hydrogens is 272 g/mol. The topological polar surface area (TPSA) is 32.3 Å². The average molecular weight is 301 g/mol. The predicted octanol–water partition coefficient (Wildman–Crippen LogP) is 3.27. The quantitative estimate of drug-likeness (QED) is 0.838. The van der Waals surface area contributed by atoms with Crippen molar-refractivity contribution in [2.75, 3.05) is 24.9 Å². The van der Waals surface area contributed by atoms with E-state index >= 15 is 0 Å². The number of hydrogen-bond donors (Lipinski definition) is 1. The Morgan fingerprint density at radius 2 is 2.00 bits per heavy atom. The summed E-state index contributed by atoms with van der Waals surface area (Å²) in [5, 5.41) is 2.81. The van der Waals surface area contributed by atoms with Crippen molar-refractivity contribution >= 4 is 24.0 Å². The fourth-order valence-electron chi connectivity index (χ4n) is 2.38. The number of nitrogens with one attached hydrogen (secondary N) is 1. The molecule has 0 bridgehead atoms. The van der Waals surface area contributed by atoms with Crippen LogP contribution in [0.15, 0.2) is 18.2 Å². The average Bonchev–Trinajstić information content (AvgIpc) is 2.88. The Morgan fingerprint density at radius 1 is 1.30 bits per heavy atom. The van der Waals surface area contributed by atoms with Gasteiger partial charge in [0.15, 0.2) is 0 Å². The summed E-state index contributed by atoms with van der Waals surface area (Å²) in [6.07, 6.45) is 1.29. The van der Waals surface area contributed by atoms with Crippen molar-refractivity contribution in [3.05, 3.63) is 29.3 Å². The minimum atomic E-state index is -1.70. The Morgan fingerprint density at radius 3 is 2.65 bits per heavy atom. The number of amides is 1. The van der Waals surface area contributed by atoms with Crippen molar-refractivity contribution < 1.29 is 10.3 Å². The molecule has 1 heterocycles. The summed E-state index contributed by atoms with van der Waals surface area (Å²) in [7, 11) is 0. The summed E-state index contributed by atoms with van der Waals surface area (Å²) in [4.78, 5) is 12.9. The van der Waals surface area contributed by atoms with Crippen LogP contribution in [0.4, 0.5) is 5.69 Å². The van der Waals surface area contributed by atoms with Crippen LogP contribution in [0.25, 0.3) is 0 Å². The van der Waals surface area contributed by atoms with Crippen LogP contribution in [0.5, 0.6) is 0 Å². The molecule has 1 N–H and O–H groups in total. The number of anilines is 1. The summed E-state index contributed by atoms with van der Waals surface area (Å²) in [5.41, 5.74) is 2.74. The molecule has 4 heteroatoms. The van der Waals surface area contributed by atoms with E-state index in [0.717, 1.165) is 16.8 Å². The summed E-state index contributed by atoms with van der Waals surface area (Å²) in [5.74, 6) is -0.0305. The van der Waals surface area contributed by atoms with E-state index in [4.69, 9.17) is 5.48 Å². The van der Waals surface area contributed by atoms with Crippen LogP contribution in [0, 0.1) is 0 Å². The summed E-state index contributed by atoms with van der Waals surface area (Å²) in [6, 6.07) is 5.66. The molecule has 1 aliphatic heterocycles. The highest BCUT2D eigenvalue weighted by molar-refractivity contribution is 5.99. The van der Waals surface area contributed by atoms with Crippen LogP contribution in [0.1, 0.15) is 43.3 Å². The highest BCUT2D eigenvalue weighted by Crippen LogP contribution is 2.26. The van der Waals surface area contributed by atoms with Gasteiger partial charge in [-0.15, -0.1) is 12.4 Å². The monoisotopic (exact) mass is 300 g/mol. The Hall–Kier alpha value is -1.06. The number of halogens is 1.